The summed E-state index contributed by atoms with van der Waals surface area (Å²) in [5.74, 6) is -1.13. The van der Waals surface area contributed by atoms with Crippen molar-refractivity contribution in [2.75, 3.05) is 0 Å². The van der Waals surface area contributed by atoms with Crippen LogP contribution < -0.4 is 5.32 Å². The molecule has 0 aromatic carbocycles. The van der Waals surface area contributed by atoms with E-state index in [0.29, 0.717) is 4.88 Å². The van der Waals surface area contributed by atoms with Gasteiger partial charge in [-0.2, -0.15) is 0 Å². The van der Waals surface area contributed by atoms with Crippen molar-refractivity contribution in [2.24, 2.45) is 0 Å². The summed E-state index contributed by atoms with van der Waals surface area (Å²) in [7, 11) is 0. The number of amides is 1. The number of carboxylic acid groups (broad SMARTS) is 1. The Labute approximate surface area is 124 Å². The van der Waals surface area contributed by atoms with Gasteiger partial charge >= 0.3 is 17.1 Å². The third kappa shape index (κ3) is 5.78. The number of hydrogen-bond acceptors (Lipinski definition) is 6. The number of aliphatic carboxylic acids is 1. The second-order valence-corrected chi connectivity index (χ2v) is 6.32. The summed E-state index contributed by atoms with van der Waals surface area (Å²) in [4.78, 5) is 33.0. The molecule has 0 saturated heterocycles. The number of thiophene rings is 1. The quantitative estimate of drug-likeness (QED) is 0.636. The molecule has 0 radical (unpaired) electrons. The average molecular weight is 316 g/mol. The summed E-state index contributed by atoms with van der Waals surface area (Å²) in [5.41, 5.74) is -0.723. The van der Waals surface area contributed by atoms with Crippen LogP contribution in [0.1, 0.15) is 38.1 Å². The largest absolute Gasteiger partial charge is 0.481 e. The first-order valence-corrected chi connectivity index (χ1v) is 6.85. The molecule has 21 heavy (non-hydrogen) atoms. The van der Waals surface area contributed by atoms with E-state index < -0.39 is 35.0 Å². The fourth-order valence-corrected chi connectivity index (χ4v) is 2.35. The maximum Gasteiger partial charge on any atom is 0.408 e. The molecule has 0 spiro atoms. The molecule has 0 unspecified atom stereocenters. The van der Waals surface area contributed by atoms with Gasteiger partial charge in [-0.3, -0.25) is 14.9 Å². The summed E-state index contributed by atoms with van der Waals surface area (Å²) in [5, 5.41) is 21.8. The Bertz CT molecular complexity index is 548. The molecule has 0 aliphatic rings. The fraction of sp³-hybridized carbons (Fsp3) is 0.500. The highest BCUT2D eigenvalue weighted by Crippen LogP contribution is 2.30. The maximum atomic E-state index is 11.7. The van der Waals surface area contributed by atoms with Gasteiger partial charge < -0.3 is 15.2 Å². The lowest BCUT2D eigenvalue weighted by atomic mass is 10.1. The first-order valence-electron chi connectivity index (χ1n) is 6.04. The topological polar surface area (TPSA) is 119 Å². The zero-order valence-corrected chi connectivity index (χ0v) is 12.6. The highest BCUT2D eigenvalue weighted by molar-refractivity contribution is 7.15. The summed E-state index contributed by atoms with van der Waals surface area (Å²) in [6.45, 7) is 5.03. The van der Waals surface area contributed by atoms with Crippen LogP contribution in [0.15, 0.2) is 12.1 Å². The van der Waals surface area contributed by atoms with Crippen molar-refractivity contribution in [3.8, 4) is 0 Å². The molecule has 0 aliphatic carbocycles. The fourth-order valence-electron chi connectivity index (χ4n) is 1.47. The van der Waals surface area contributed by atoms with Crippen LogP contribution in [0.25, 0.3) is 0 Å². The number of hydrogen-bond donors (Lipinski definition) is 2. The monoisotopic (exact) mass is 316 g/mol. The minimum atomic E-state index is -1.13. The van der Waals surface area contributed by atoms with E-state index in [4.69, 9.17) is 9.84 Å². The number of nitrogens with zero attached hydrogens (tertiary/aromatic N) is 1. The van der Waals surface area contributed by atoms with Gasteiger partial charge in [-0.15, -0.1) is 0 Å². The number of nitro groups is 1. The third-order valence-corrected chi connectivity index (χ3v) is 3.36. The van der Waals surface area contributed by atoms with Gasteiger partial charge in [0.2, 0.25) is 0 Å². The van der Waals surface area contributed by atoms with Crippen molar-refractivity contribution in [1.82, 2.24) is 5.32 Å². The van der Waals surface area contributed by atoms with Gasteiger partial charge in [0, 0.05) is 10.9 Å². The van der Waals surface area contributed by atoms with E-state index in [0.717, 1.165) is 11.3 Å². The number of rotatable bonds is 5. The molecule has 9 heteroatoms. The second-order valence-electron chi connectivity index (χ2n) is 5.23. The van der Waals surface area contributed by atoms with Gasteiger partial charge in [-0.1, -0.05) is 11.3 Å². The molecular formula is C12H16N2O6S. The molecule has 8 nitrogen and oxygen atoms in total. The van der Waals surface area contributed by atoms with Gasteiger partial charge in [-0.05, 0) is 26.8 Å². The Hall–Kier alpha value is -2.16. The number of ether oxygens (including phenoxy) is 1. The molecule has 1 amide bonds. The molecular weight excluding hydrogens is 300 g/mol. The zero-order valence-electron chi connectivity index (χ0n) is 11.8. The van der Waals surface area contributed by atoms with E-state index >= 15 is 0 Å². The van der Waals surface area contributed by atoms with Crippen LogP contribution in [0, 0.1) is 10.1 Å². The van der Waals surface area contributed by atoms with Crippen LogP contribution >= 0.6 is 11.3 Å². The van der Waals surface area contributed by atoms with Crippen LogP contribution in [0.2, 0.25) is 0 Å². The normalized spacial score (nSPS) is 12.5. The minimum absolute atomic E-state index is 0.119. The van der Waals surface area contributed by atoms with Gasteiger partial charge in [0.1, 0.15) is 5.60 Å². The summed E-state index contributed by atoms with van der Waals surface area (Å²) >= 11 is 0.818. The lowest BCUT2D eigenvalue weighted by Gasteiger charge is -2.22. The van der Waals surface area contributed by atoms with Crippen LogP contribution in [-0.4, -0.2) is 27.7 Å². The number of nitrogens with one attached hydrogen (secondary N) is 1. The van der Waals surface area contributed by atoms with Crippen molar-refractivity contribution < 1.29 is 24.4 Å². The number of carboxylic acids is 1. The predicted molar refractivity (Wildman–Crippen MR) is 75.3 cm³/mol. The van der Waals surface area contributed by atoms with E-state index in [9.17, 15) is 19.7 Å². The number of carbonyl (C=O) groups is 2. The lowest BCUT2D eigenvalue weighted by Crippen LogP contribution is -2.35. The molecule has 1 aromatic rings. The first-order chi connectivity index (χ1) is 9.58. The molecule has 0 fully saturated rings. The third-order valence-electron chi connectivity index (χ3n) is 2.21. The molecule has 1 heterocycles. The Morgan fingerprint density at radius 2 is 2.10 bits per heavy atom. The summed E-state index contributed by atoms with van der Waals surface area (Å²) < 4.78 is 5.05. The molecule has 1 atom stereocenters. The Morgan fingerprint density at radius 3 is 2.52 bits per heavy atom. The molecule has 0 saturated carbocycles. The Kier molecular flexibility index (Phi) is 5.25. The summed E-state index contributed by atoms with van der Waals surface area (Å²) in [6, 6.07) is 1.82. The van der Waals surface area contributed by atoms with Crippen molar-refractivity contribution in [2.45, 2.75) is 38.8 Å². The lowest BCUT2D eigenvalue weighted by molar-refractivity contribution is -0.380. The Morgan fingerprint density at radius 1 is 1.48 bits per heavy atom. The van der Waals surface area contributed by atoms with Gasteiger partial charge in [-0.25, -0.2) is 4.79 Å². The van der Waals surface area contributed by atoms with Crippen molar-refractivity contribution in [3.63, 3.8) is 0 Å². The van der Waals surface area contributed by atoms with E-state index in [1.54, 1.807) is 20.8 Å². The van der Waals surface area contributed by atoms with Crippen LogP contribution in [0.5, 0.6) is 0 Å². The first kappa shape index (κ1) is 16.9. The number of carbonyl (C=O) groups excluding carboxylic acids is 1. The van der Waals surface area contributed by atoms with E-state index in [2.05, 4.69) is 5.32 Å². The average Bonchev–Trinajstić information content (AvgIpc) is 2.73. The Balaban J connectivity index is 2.87. The minimum Gasteiger partial charge on any atom is -0.481 e. The summed E-state index contributed by atoms with van der Waals surface area (Å²) in [6.07, 6.45) is -1.17. The van der Waals surface area contributed by atoms with Crippen molar-refractivity contribution >= 4 is 28.4 Å². The predicted octanol–water partition coefficient (Wildman–Crippen LogP) is 2.70. The van der Waals surface area contributed by atoms with Gasteiger partial charge in [0.05, 0.1) is 17.4 Å². The van der Waals surface area contributed by atoms with Crippen LogP contribution in [-0.2, 0) is 9.53 Å². The zero-order chi connectivity index (χ0) is 16.2. The smallest absolute Gasteiger partial charge is 0.408 e. The highest BCUT2D eigenvalue weighted by atomic mass is 32.1. The highest BCUT2D eigenvalue weighted by Gasteiger charge is 2.25. The number of alkyl carbamates (subject to hydrolysis) is 1. The van der Waals surface area contributed by atoms with Gasteiger partial charge in [0.25, 0.3) is 0 Å². The van der Waals surface area contributed by atoms with Gasteiger partial charge in [0.15, 0.2) is 0 Å². The van der Waals surface area contributed by atoms with Crippen LogP contribution in [0.4, 0.5) is 9.80 Å². The molecule has 0 aliphatic heterocycles. The van der Waals surface area contributed by atoms with Crippen molar-refractivity contribution in [3.05, 3.63) is 27.1 Å². The van der Waals surface area contributed by atoms with E-state index in [1.807, 2.05) is 0 Å². The molecule has 1 aromatic heterocycles. The SMILES string of the molecule is CC(C)(C)OC(=O)N[C@@H](CC(=O)O)c1ccc([N+](=O)[O-])s1. The molecule has 116 valence electrons. The molecule has 0 bridgehead atoms. The van der Waals surface area contributed by atoms with Crippen molar-refractivity contribution in [1.29, 1.82) is 0 Å². The van der Waals surface area contributed by atoms with E-state index in [1.165, 1.54) is 12.1 Å². The standard InChI is InChI=1S/C12H16N2O6S/c1-12(2,3)20-11(17)13-7(6-10(15)16)8-4-5-9(21-8)14(18)19/h4-5,7H,6H2,1-3H3,(H,13,17)(H,15,16)/t7-/m0/s1. The maximum absolute atomic E-state index is 11.7. The second kappa shape index (κ2) is 6.53. The molecule has 2 N–H and O–H groups in total. The van der Waals surface area contributed by atoms with E-state index in [-0.39, 0.29) is 5.00 Å². The van der Waals surface area contributed by atoms with Crippen LogP contribution in [0.3, 0.4) is 0 Å². The molecule has 1 rings (SSSR count).